The Balaban J connectivity index is 0.00000245. The van der Waals surface area contributed by atoms with Crippen molar-refractivity contribution < 1.29 is 21.1 Å². The van der Waals surface area contributed by atoms with Gasteiger partial charge in [0.2, 0.25) is 0 Å². The molecule has 3 heterocycles. The van der Waals surface area contributed by atoms with Gasteiger partial charge in [-0.05, 0) is 22.9 Å². The van der Waals surface area contributed by atoms with E-state index in [1.165, 1.54) is 0 Å². The van der Waals surface area contributed by atoms with E-state index in [4.69, 9.17) is 10.2 Å². The average molecular weight is 605 g/mol. The molecule has 0 N–H and O–H groups in total. The van der Waals surface area contributed by atoms with Crippen molar-refractivity contribution in [2.75, 3.05) is 0 Å². The van der Waals surface area contributed by atoms with E-state index < -0.39 is 5.41 Å². The second kappa shape index (κ2) is 7.52. The fourth-order valence-electron chi connectivity index (χ4n) is 4.14. The van der Waals surface area contributed by atoms with E-state index in [1.54, 1.807) is 6.33 Å². The van der Waals surface area contributed by atoms with E-state index in [1.807, 2.05) is 33.8 Å². The van der Waals surface area contributed by atoms with E-state index in [2.05, 4.69) is 82.9 Å². The smallest absolute Gasteiger partial charge is 0.265 e. The first-order chi connectivity index (χ1) is 14.6. The number of rotatable bonds is 0. The van der Waals surface area contributed by atoms with Crippen molar-refractivity contribution in [3.8, 4) is 11.4 Å². The molecule has 4 aromatic rings. The zero-order valence-electron chi connectivity index (χ0n) is 19.2. The van der Waals surface area contributed by atoms with Gasteiger partial charge >= 0.3 is 21.1 Å². The van der Waals surface area contributed by atoms with Gasteiger partial charge in [0, 0.05) is 17.0 Å². The van der Waals surface area contributed by atoms with Gasteiger partial charge in [-0.1, -0.05) is 41.5 Å². The molecule has 0 fully saturated rings. The molecule has 1 aliphatic rings. The SMILES string of the molecule is CC1(C)c2[c-]c(ccc2)-n2ccc(n2)C(C)(C)C(C)(C)c2[c-]c(ccc2)-n2cnc1n2.[Pt+2]. The van der Waals surface area contributed by atoms with Gasteiger partial charge in [0.15, 0.2) is 5.82 Å². The number of nitrogens with zero attached hydrogens (tertiary/aromatic N) is 5. The molecule has 2 aromatic heterocycles. The number of hydrogen-bond acceptors (Lipinski definition) is 3. The summed E-state index contributed by atoms with van der Waals surface area (Å²) in [5.41, 5.74) is 4.09. The standard InChI is InChI=1S/C26H27N5.Pt/c1-24(2)18-9-7-11-20(15-18)30-14-13-22(28-30)26(5,6)25(3,4)19-10-8-12-21(16-19)31-17-27-23(24)29-31;/h7-14,17H,1-6H3;/q-2;+2. The van der Waals surface area contributed by atoms with Gasteiger partial charge in [-0.15, -0.1) is 17.7 Å². The maximum atomic E-state index is 4.98. The van der Waals surface area contributed by atoms with Crippen molar-refractivity contribution >= 4 is 0 Å². The first-order valence-electron chi connectivity index (χ1n) is 10.7. The predicted octanol–water partition coefficient (Wildman–Crippen LogP) is 4.95. The van der Waals surface area contributed by atoms with Crippen molar-refractivity contribution in [1.82, 2.24) is 24.5 Å². The molecule has 0 aliphatic carbocycles. The Morgan fingerprint density at radius 1 is 0.719 bits per heavy atom. The molecule has 0 atom stereocenters. The van der Waals surface area contributed by atoms with Gasteiger partial charge in [-0.25, -0.2) is 9.67 Å². The molecular formula is C26H27N5Pt. The zero-order chi connectivity index (χ0) is 22.0. The fourth-order valence-corrected chi connectivity index (χ4v) is 4.14. The zero-order valence-corrected chi connectivity index (χ0v) is 21.5. The molecular weight excluding hydrogens is 577 g/mol. The summed E-state index contributed by atoms with van der Waals surface area (Å²) in [5, 5.41) is 9.81. The molecule has 0 saturated heterocycles. The number of aromatic nitrogens is 5. The van der Waals surface area contributed by atoms with Gasteiger partial charge in [0.1, 0.15) is 6.33 Å². The number of hydrogen-bond donors (Lipinski definition) is 0. The first kappa shape index (κ1) is 22.7. The quantitative estimate of drug-likeness (QED) is 0.267. The molecule has 5 rings (SSSR count). The van der Waals surface area contributed by atoms with Crippen LogP contribution in [-0.4, -0.2) is 24.5 Å². The van der Waals surface area contributed by atoms with Crippen LogP contribution >= 0.6 is 0 Å². The Morgan fingerprint density at radius 3 is 2.06 bits per heavy atom. The fraction of sp³-hybridized carbons (Fsp3) is 0.346. The molecule has 0 unspecified atom stereocenters. The molecule has 8 bridgehead atoms. The maximum absolute atomic E-state index is 4.98. The summed E-state index contributed by atoms with van der Waals surface area (Å²) < 4.78 is 3.73. The molecule has 0 radical (unpaired) electrons. The van der Waals surface area contributed by atoms with Crippen LogP contribution in [-0.2, 0) is 37.3 Å². The molecule has 0 spiro atoms. The van der Waals surface area contributed by atoms with Crippen LogP contribution in [0.15, 0.2) is 55.0 Å². The largest absolute Gasteiger partial charge is 2.00 e. The Morgan fingerprint density at radius 2 is 1.34 bits per heavy atom. The average Bonchev–Trinajstić information content (AvgIpc) is 3.44. The van der Waals surface area contributed by atoms with Crippen LogP contribution < -0.4 is 0 Å². The topological polar surface area (TPSA) is 48.5 Å². The van der Waals surface area contributed by atoms with Crippen molar-refractivity contribution in [2.24, 2.45) is 0 Å². The van der Waals surface area contributed by atoms with Crippen LogP contribution in [0.5, 0.6) is 0 Å². The second-order valence-electron chi connectivity index (χ2n) is 9.93. The van der Waals surface area contributed by atoms with E-state index in [0.29, 0.717) is 0 Å². The third kappa shape index (κ3) is 3.29. The molecule has 6 heteroatoms. The molecule has 1 aliphatic heterocycles. The molecule has 32 heavy (non-hydrogen) atoms. The van der Waals surface area contributed by atoms with E-state index in [-0.39, 0.29) is 31.9 Å². The summed E-state index contributed by atoms with van der Waals surface area (Å²) in [5.74, 6) is 0.746. The molecule has 0 saturated carbocycles. The monoisotopic (exact) mass is 604 g/mol. The summed E-state index contributed by atoms with van der Waals surface area (Å²) in [6.45, 7) is 13.2. The molecule has 2 aromatic carbocycles. The summed E-state index contributed by atoms with van der Waals surface area (Å²) in [6.07, 6.45) is 3.80. The summed E-state index contributed by atoms with van der Waals surface area (Å²) in [6, 6.07) is 21.7. The van der Waals surface area contributed by atoms with Crippen LogP contribution in [0.3, 0.4) is 0 Å². The third-order valence-corrected chi connectivity index (χ3v) is 7.24. The van der Waals surface area contributed by atoms with Gasteiger partial charge in [-0.2, -0.15) is 52.2 Å². The molecule has 5 nitrogen and oxygen atoms in total. The van der Waals surface area contributed by atoms with Gasteiger partial charge in [0.25, 0.3) is 0 Å². The minimum Gasteiger partial charge on any atom is -0.265 e. The minimum atomic E-state index is -0.409. The predicted molar refractivity (Wildman–Crippen MR) is 121 cm³/mol. The normalized spacial score (nSPS) is 17.6. The van der Waals surface area contributed by atoms with E-state index >= 15 is 0 Å². The number of fused-ring (bicyclic) bond motifs is 10. The first-order valence-corrected chi connectivity index (χ1v) is 10.7. The molecule has 166 valence electrons. The molecule has 0 amide bonds. The van der Waals surface area contributed by atoms with Crippen molar-refractivity contribution in [3.05, 3.63) is 89.8 Å². The second-order valence-corrected chi connectivity index (χ2v) is 9.93. The van der Waals surface area contributed by atoms with Crippen molar-refractivity contribution in [1.29, 1.82) is 0 Å². The minimum absolute atomic E-state index is 0. The van der Waals surface area contributed by atoms with Crippen molar-refractivity contribution in [2.45, 2.75) is 57.8 Å². The summed E-state index contributed by atoms with van der Waals surface area (Å²) in [4.78, 5) is 4.65. The Hall–Kier alpha value is -2.52. The summed E-state index contributed by atoms with van der Waals surface area (Å²) >= 11 is 0. The third-order valence-electron chi connectivity index (χ3n) is 7.24. The Bertz CT molecular complexity index is 1280. The van der Waals surface area contributed by atoms with Crippen molar-refractivity contribution in [3.63, 3.8) is 0 Å². The number of benzene rings is 2. The van der Waals surface area contributed by atoms with E-state index in [0.717, 1.165) is 34.0 Å². The Labute approximate surface area is 204 Å². The Kier molecular flexibility index (Phi) is 5.33. The van der Waals surface area contributed by atoms with Crippen LogP contribution in [0.4, 0.5) is 0 Å². The van der Waals surface area contributed by atoms with E-state index in [9.17, 15) is 0 Å². The van der Waals surface area contributed by atoms with Crippen LogP contribution in [0, 0.1) is 12.1 Å². The van der Waals surface area contributed by atoms with Gasteiger partial charge in [-0.3, -0.25) is 4.68 Å². The van der Waals surface area contributed by atoms with Crippen LogP contribution in [0.1, 0.15) is 64.2 Å². The summed E-state index contributed by atoms with van der Waals surface area (Å²) in [7, 11) is 0. The van der Waals surface area contributed by atoms with Crippen LogP contribution in [0.2, 0.25) is 0 Å². The van der Waals surface area contributed by atoms with Gasteiger partial charge in [0.05, 0.1) is 5.69 Å². The van der Waals surface area contributed by atoms with Crippen LogP contribution in [0.25, 0.3) is 11.4 Å². The van der Waals surface area contributed by atoms with Gasteiger partial charge < -0.3 is 0 Å². The maximum Gasteiger partial charge on any atom is 2.00 e.